The highest BCUT2D eigenvalue weighted by Gasteiger charge is 2.35. The fourth-order valence-corrected chi connectivity index (χ4v) is 4.23. The molecule has 2 aromatic rings. The van der Waals surface area contributed by atoms with Crippen LogP contribution < -0.4 is 15.4 Å². The Kier molecular flexibility index (Phi) is 6.29. The number of hydrogen-bond acceptors (Lipinski definition) is 5. The van der Waals surface area contributed by atoms with Crippen molar-refractivity contribution < 1.29 is 24.0 Å². The Morgan fingerprint density at radius 2 is 2.06 bits per heavy atom. The first-order valence-corrected chi connectivity index (χ1v) is 11.4. The molecule has 2 amide bonds. The normalized spacial score (nSPS) is 18.7. The second kappa shape index (κ2) is 9.01. The van der Waals surface area contributed by atoms with Crippen LogP contribution in [0.1, 0.15) is 54.7 Å². The number of hydrogen-bond donors (Lipinski definition) is 3. The molecule has 178 valence electrons. The summed E-state index contributed by atoms with van der Waals surface area (Å²) in [4.78, 5) is 40.4. The zero-order chi connectivity index (χ0) is 23.9. The third-order valence-corrected chi connectivity index (χ3v) is 6.16. The van der Waals surface area contributed by atoms with E-state index >= 15 is 0 Å². The van der Waals surface area contributed by atoms with Gasteiger partial charge < -0.3 is 20.1 Å². The number of carbonyl (C=O) groups excluding carboxylic acids is 2. The highest BCUT2D eigenvalue weighted by atomic mass is 16.5. The molecule has 0 bridgehead atoms. The number of amides is 2. The van der Waals surface area contributed by atoms with Gasteiger partial charge in [-0.1, -0.05) is 18.4 Å². The summed E-state index contributed by atoms with van der Waals surface area (Å²) in [6.45, 7) is 7.30. The Morgan fingerprint density at radius 3 is 2.67 bits per heavy atom. The molecule has 10 heteroatoms. The van der Waals surface area contributed by atoms with Crippen LogP contribution in [0, 0.1) is 12.8 Å². The van der Waals surface area contributed by atoms with Crippen molar-refractivity contribution in [1.82, 2.24) is 19.8 Å². The van der Waals surface area contributed by atoms with E-state index in [0.717, 1.165) is 19.3 Å². The predicted molar refractivity (Wildman–Crippen MR) is 121 cm³/mol. The Labute approximate surface area is 191 Å². The number of aromatic hydroxyl groups is 1. The van der Waals surface area contributed by atoms with Crippen molar-refractivity contribution in [3.8, 4) is 5.88 Å². The van der Waals surface area contributed by atoms with E-state index in [2.05, 4.69) is 10.4 Å². The molecule has 0 spiro atoms. The minimum atomic E-state index is -0.628. The summed E-state index contributed by atoms with van der Waals surface area (Å²) in [5.74, 6) is -0.955. The number of aromatic nitrogens is 3. The minimum absolute atomic E-state index is 0.0427. The van der Waals surface area contributed by atoms with E-state index in [0.29, 0.717) is 36.5 Å². The number of likely N-dealkylation sites (tertiary alicyclic amines) is 1. The van der Waals surface area contributed by atoms with Crippen molar-refractivity contribution in [3.63, 3.8) is 0 Å². The molecule has 33 heavy (non-hydrogen) atoms. The summed E-state index contributed by atoms with van der Waals surface area (Å²) >= 11 is 0. The maximum atomic E-state index is 13.2. The Balaban J connectivity index is 1.77. The van der Waals surface area contributed by atoms with Gasteiger partial charge in [0.25, 0.3) is 5.91 Å². The molecule has 1 atom stereocenters. The van der Waals surface area contributed by atoms with E-state index in [1.165, 1.54) is 10.6 Å². The number of nitrogens with zero attached hydrogens (tertiary/aromatic N) is 3. The lowest BCUT2D eigenvalue weighted by atomic mass is 10.1. The van der Waals surface area contributed by atoms with Gasteiger partial charge in [-0.05, 0) is 38.2 Å². The molecule has 0 unspecified atom stereocenters. The lowest BCUT2D eigenvalue weighted by Gasteiger charge is -2.13. The van der Waals surface area contributed by atoms with Crippen molar-refractivity contribution >= 4 is 23.5 Å². The van der Waals surface area contributed by atoms with Crippen LogP contribution in [-0.2, 0) is 16.1 Å². The third-order valence-electron chi connectivity index (χ3n) is 6.16. The molecule has 1 aliphatic heterocycles. The van der Waals surface area contributed by atoms with Gasteiger partial charge in [0.15, 0.2) is 0 Å². The van der Waals surface area contributed by atoms with Gasteiger partial charge >= 0.3 is 17.1 Å². The summed E-state index contributed by atoms with van der Waals surface area (Å²) in [5.41, 5.74) is 0.747. The average molecular weight is 459 g/mol. The molecule has 1 saturated carbocycles. The number of nitrogens with one attached hydrogen (secondary N) is 2. The van der Waals surface area contributed by atoms with Crippen LogP contribution in [0.5, 0.6) is 5.88 Å². The first-order valence-electron chi connectivity index (χ1n) is 11.4. The number of H-pyrrole nitrogens is 1. The molecule has 4 rings (SSSR count). The van der Waals surface area contributed by atoms with Crippen molar-refractivity contribution in [1.29, 1.82) is 0 Å². The quantitative estimate of drug-likeness (QED) is 0.418. The van der Waals surface area contributed by atoms with Gasteiger partial charge in [-0.15, -0.1) is 0 Å². The average Bonchev–Trinajstić information content (AvgIpc) is 3.32. The fourth-order valence-electron chi connectivity index (χ4n) is 4.23. The van der Waals surface area contributed by atoms with E-state index < -0.39 is 11.5 Å². The van der Waals surface area contributed by atoms with E-state index in [1.54, 1.807) is 29.6 Å². The molecule has 2 fully saturated rings. The van der Waals surface area contributed by atoms with Crippen molar-refractivity contribution in [2.45, 2.75) is 58.7 Å². The lowest BCUT2D eigenvalue weighted by molar-refractivity contribution is -0.686. The first-order chi connectivity index (χ1) is 15.7. The summed E-state index contributed by atoms with van der Waals surface area (Å²) in [6.07, 6.45) is 5.71. The standard InChI is InChI=1S/C23H31N5O5/c1-13(2)11-27-21-17(7-8-18(29)26-10-9-16(12-26)33-4)14(3)25-28(21)23(32)19(22(27)31)20(30)24-15-5-6-15/h7-8,13,15-16H,5-6,9-12H2,1-4H3,(H2,24,30,31,32)/p+1/b8-7+/t16-/m0/s1. The number of fused-ring (bicyclic) bond motifs is 1. The molecule has 3 N–H and O–H groups in total. The zero-order valence-electron chi connectivity index (χ0n) is 19.6. The zero-order valence-corrected chi connectivity index (χ0v) is 19.6. The Morgan fingerprint density at radius 1 is 1.33 bits per heavy atom. The highest BCUT2D eigenvalue weighted by molar-refractivity contribution is 5.96. The van der Waals surface area contributed by atoms with E-state index in [-0.39, 0.29) is 35.4 Å². The van der Waals surface area contributed by atoms with Crippen LogP contribution in [0.3, 0.4) is 0 Å². The molecular weight excluding hydrogens is 426 g/mol. The summed E-state index contributed by atoms with van der Waals surface area (Å²) in [5, 5.41) is 16.8. The maximum absolute atomic E-state index is 13.2. The van der Waals surface area contributed by atoms with Crippen LogP contribution >= 0.6 is 0 Å². The molecule has 1 aliphatic carbocycles. The predicted octanol–water partition coefficient (Wildman–Crippen LogP) is 0.738. The van der Waals surface area contributed by atoms with Gasteiger partial charge in [0.05, 0.1) is 23.9 Å². The van der Waals surface area contributed by atoms with Crippen LogP contribution in [-0.4, -0.2) is 63.8 Å². The van der Waals surface area contributed by atoms with Gasteiger partial charge in [0.1, 0.15) is 0 Å². The number of aryl methyl sites for hydroxylation is 1. The smallest absolute Gasteiger partial charge is 0.378 e. The maximum Gasteiger partial charge on any atom is 0.378 e. The Bertz CT molecular complexity index is 1170. The number of rotatable bonds is 7. The lowest BCUT2D eigenvalue weighted by Crippen LogP contribution is -2.46. The Hall–Kier alpha value is -3.14. The molecule has 3 heterocycles. The van der Waals surface area contributed by atoms with Gasteiger partial charge in [-0.3, -0.25) is 9.59 Å². The van der Waals surface area contributed by atoms with Crippen molar-refractivity contribution in [3.05, 3.63) is 33.3 Å². The summed E-state index contributed by atoms with van der Waals surface area (Å²) in [6, 6.07) is 0.0497. The number of ether oxygens (including phenoxy) is 1. The molecule has 1 saturated heterocycles. The number of aromatic amines is 1. The topological polar surface area (TPSA) is 120 Å². The fraction of sp³-hybridized carbons (Fsp3) is 0.565. The van der Waals surface area contributed by atoms with Crippen molar-refractivity contribution in [2.75, 3.05) is 20.2 Å². The molecule has 0 aromatic carbocycles. The van der Waals surface area contributed by atoms with E-state index in [1.807, 2.05) is 13.8 Å². The molecule has 10 nitrogen and oxygen atoms in total. The van der Waals surface area contributed by atoms with Crippen LogP contribution in [0.2, 0.25) is 0 Å². The van der Waals surface area contributed by atoms with Gasteiger partial charge in [0, 0.05) is 32.3 Å². The summed E-state index contributed by atoms with van der Waals surface area (Å²) < 4.78 is 8.18. The number of methoxy groups -OCH3 is 1. The second-order valence-electron chi connectivity index (χ2n) is 9.33. The summed E-state index contributed by atoms with van der Waals surface area (Å²) in [7, 11) is 1.64. The van der Waals surface area contributed by atoms with Gasteiger partial charge in [0.2, 0.25) is 11.5 Å². The van der Waals surface area contributed by atoms with E-state index in [9.17, 15) is 19.5 Å². The number of carbonyl (C=O) groups is 2. The van der Waals surface area contributed by atoms with Crippen LogP contribution in [0.25, 0.3) is 11.7 Å². The monoisotopic (exact) mass is 458 g/mol. The first kappa shape index (κ1) is 23.0. The SMILES string of the molecule is CO[C@H]1CCN(C(=O)/C=C/c2c(C)[nH]n3c(=O)c(C(=O)NC4CC4)c(O)[n+](CC(C)C)c23)C1. The molecular formula is C23H32N5O5+. The third kappa shape index (κ3) is 4.52. The van der Waals surface area contributed by atoms with Crippen molar-refractivity contribution in [2.24, 2.45) is 5.92 Å². The minimum Gasteiger partial charge on any atom is -0.477 e. The highest BCUT2D eigenvalue weighted by Crippen LogP contribution is 2.22. The molecule has 2 aliphatic rings. The van der Waals surface area contributed by atoms with Gasteiger partial charge in [-0.2, -0.15) is 4.57 Å². The van der Waals surface area contributed by atoms with Gasteiger partial charge in [-0.25, -0.2) is 9.89 Å². The van der Waals surface area contributed by atoms with Crippen LogP contribution in [0.4, 0.5) is 0 Å². The second-order valence-corrected chi connectivity index (χ2v) is 9.33. The molecule has 2 aromatic heterocycles. The largest absolute Gasteiger partial charge is 0.477 e. The van der Waals surface area contributed by atoms with E-state index in [4.69, 9.17) is 4.74 Å². The molecule has 0 radical (unpaired) electrons. The van der Waals surface area contributed by atoms with Crippen LogP contribution in [0.15, 0.2) is 10.9 Å².